The van der Waals surface area contributed by atoms with E-state index in [1.165, 1.54) is 108 Å². The summed E-state index contributed by atoms with van der Waals surface area (Å²) in [6.45, 7) is 0. The molecule has 0 saturated heterocycles. The van der Waals surface area contributed by atoms with Crippen molar-refractivity contribution in [2.75, 3.05) is 0 Å². The summed E-state index contributed by atoms with van der Waals surface area (Å²) in [4.78, 5) is 5.61. The number of allylic oxidation sites excluding steroid dienone is 2. The lowest BCUT2D eigenvalue weighted by molar-refractivity contribution is 0.129. The molecule has 0 spiro atoms. The van der Waals surface area contributed by atoms with Crippen molar-refractivity contribution in [3.8, 4) is 0 Å². The van der Waals surface area contributed by atoms with Crippen LogP contribution in [0.5, 0.6) is 0 Å². The monoisotopic (exact) mass is 590 g/mol. The van der Waals surface area contributed by atoms with Gasteiger partial charge in [-0.2, -0.15) is 0 Å². The molecule has 4 bridgehead atoms. The van der Waals surface area contributed by atoms with Crippen LogP contribution < -0.4 is 0 Å². The molecule has 0 N–H and O–H groups in total. The Hall–Kier alpha value is -2.16. The van der Waals surface area contributed by atoms with Gasteiger partial charge in [0.1, 0.15) is 0 Å². The van der Waals surface area contributed by atoms with Gasteiger partial charge in [-0.3, -0.25) is 0 Å². The maximum absolute atomic E-state index is 2.71. The van der Waals surface area contributed by atoms with E-state index in [0.29, 0.717) is 0 Å². The average molecular weight is 591 g/mol. The number of rotatable bonds is 8. The molecule has 4 aliphatic rings. The van der Waals surface area contributed by atoms with Crippen molar-refractivity contribution in [3.63, 3.8) is 0 Å². The van der Waals surface area contributed by atoms with Crippen LogP contribution in [0.2, 0.25) is 0 Å². The van der Waals surface area contributed by atoms with Crippen LogP contribution in [-0.4, -0.2) is 0 Å². The van der Waals surface area contributed by atoms with Gasteiger partial charge in [0.2, 0.25) is 0 Å². The molecule has 4 saturated carbocycles. The van der Waals surface area contributed by atoms with Crippen LogP contribution >= 0.6 is 23.5 Å². The summed E-state index contributed by atoms with van der Waals surface area (Å²) in [5.41, 5.74) is 2.77. The zero-order valence-corrected chi connectivity index (χ0v) is 26.6. The molecule has 0 radical (unpaired) electrons. The van der Waals surface area contributed by atoms with E-state index in [4.69, 9.17) is 0 Å². The Bertz CT molecular complexity index is 1210. The van der Waals surface area contributed by atoms with E-state index in [1.54, 1.807) is 0 Å². The second-order valence-corrected chi connectivity index (χ2v) is 15.6. The first kappa shape index (κ1) is 28.6. The second kappa shape index (κ2) is 13.6. The molecule has 0 aliphatic heterocycles. The highest BCUT2D eigenvalue weighted by molar-refractivity contribution is 8.08. The quantitative estimate of drug-likeness (QED) is 0.239. The lowest BCUT2D eigenvalue weighted by Crippen LogP contribution is -2.31. The molecule has 218 valence electrons. The van der Waals surface area contributed by atoms with Crippen LogP contribution in [-0.2, 0) is 0 Å². The van der Waals surface area contributed by atoms with E-state index in [2.05, 4.69) is 97.1 Å². The van der Waals surface area contributed by atoms with Gasteiger partial charge in [0.05, 0.1) is 0 Å². The maximum Gasteiger partial charge on any atom is 0.0157 e. The van der Waals surface area contributed by atoms with Crippen LogP contribution in [0, 0.1) is 35.5 Å². The van der Waals surface area contributed by atoms with Gasteiger partial charge in [0.15, 0.2) is 0 Å². The summed E-state index contributed by atoms with van der Waals surface area (Å²) in [6.07, 6.45) is 22.6. The van der Waals surface area contributed by atoms with E-state index in [0.717, 1.165) is 35.5 Å². The molecular weight excluding hydrogens is 545 g/mol. The standard InChI is InChI=1S/C40H46S2/c1-3-19-35(20-4-1)41-39(27-37-29-11-7-12-30(37)14-8-13-29)33-23-25-34(26-24-33)40(42-36-21-5-2-6-22-36)28-38-31-15-9-16-32(38)18-10-17-31/h1-6,19-32,37-38H,7-18H2/b39-27-,40-28-. The molecule has 0 heterocycles. The summed E-state index contributed by atoms with van der Waals surface area (Å²) >= 11 is 3.94. The number of benzene rings is 3. The number of hydrogen-bond donors (Lipinski definition) is 0. The minimum atomic E-state index is 0.744. The Labute approximate surface area is 262 Å². The third-order valence-corrected chi connectivity index (χ3v) is 13.1. The molecule has 0 nitrogen and oxygen atoms in total. The van der Waals surface area contributed by atoms with E-state index in [-0.39, 0.29) is 0 Å². The lowest BCUT2D eigenvalue weighted by atomic mass is 9.64. The molecule has 4 fully saturated rings. The van der Waals surface area contributed by atoms with E-state index in [1.807, 2.05) is 23.5 Å². The molecule has 3 aromatic rings. The van der Waals surface area contributed by atoms with Gasteiger partial charge in [-0.05, 0) is 122 Å². The van der Waals surface area contributed by atoms with Crippen molar-refractivity contribution < 1.29 is 0 Å². The highest BCUT2D eigenvalue weighted by Crippen LogP contribution is 2.49. The Balaban J connectivity index is 1.21. The number of hydrogen-bond acceptors (Lipinski definition) is 2. The molecule has 0 unspecified atom stereocenters. The van der Waals surface area contributed by atoms with Crippen molar-refractivity contribution in [1.29, 1.82) is 0 Å². The summed E-state index contributed by atoms with van der Waals surface area (Å²) < 4.78 is 0. The Morgan fingerprint density at radius 2 is 0.738 bits per heavy atom. The first-order valence-electron chi connectivity index (χ1n) is 16.8. The maximum atomic E-state index is 2.71. The predicted octanol–water partition coefficient (Wildman–Crippen LogP) is 12.4. The molecule has 0 atom stereocenters. The van der Waals surface area contributed by atoms with Gasteiger partial charge in [-0.1, -0.05) is 122 Å². The van der Waals surface area contributed by atoms with Crippen molar-refractivity contribution in [2.45, 2.75) is 86.8 Å². The topological polar surface area (TPSA) is 0 Å². The third-order valence-electron chi connectivity index (χ3n) is 10.9. The zero-order valence-electron chi connectivity index (χ0n) is 25.0. The second-order valence-electron chi connectivity index (χ2n) is 13.4. The van der Waals surface area contributed by atoms with Gasteiger partial charge in [-0.25, -0.2) is 0 Å². The van der Waals surface area contributed by atoms with E-state index >= 15 is 0 Å². The predicted molar refractivity (Wildman–Crippen MR) is 183 cm³/mol. The molecular formula is C40H46S2. The fourth-order valence-corrected chi connectivity index (χ4v) is 10.8. The van der Waals surface area contributed by atoms with E-state index < -0.39 is 0 Å². The number of thioether (sulfide) groups is 2. The highest BCUT2D eigenvalue weighted by Gasteiger charge is 2.36. The lowest BCUT2D eigenvalue weighted by Gasteiger charge is -2.41. The van der Waals surface area contributed by atoms with Crippen molar-refractivity contribution >= 4 is 33.3 Å². The van der Waals surface area contributed by atoms with Crippen molar-refractivity contribution in [2.24, 2.45) is 35.5 Å². The van der Waals surface area contributed by atoms with Gasteiger partial charge in [-0.15, -0.1) is 0 Å². The minimum absolute atomic E-state index is 0.744. The smallest absolute Gasteiger partial charge is 0.0157 e. The fraction of sp³-hybridized carbons (Fsp3) is 0.450. The van der Waals surface area contributed by atoms with Crippen molar-refractivity contribution in [1.82, 2.24) is 0 Å². The first-order chi connectivity index (χ1) is 20.8. The SMILES string of the molecule is C(=C(/Sc1ccccc1)c1ccc(/C(=C/C2C3CCCC2CCC3)Sc2ccccc2)cc1)/C1C2CCCC1CCC2. The zero-order chi connectivity index (χ0) is 28.1. The van der Waals surface area contributed by atoms with Gasteiger partial charge in [0, 0.05) is 19.6 Å². The molecule has 2 heteroatoms. The molecule has 42 heavy (non-hydrogen) atoms. The van der Waals surface area contributed by atoms with E-state index in [9.17, 15) is 0 Å². The fourth-order valence-electron chi connectivity index (χ4n) is 8.76. The van der Waals surface area contributed by atoms with Crippen LogP contribution in [0.1, 0.15) is 88.2 Å². The molecule has 0 amide bonds. The molecule has 4 aliphatic carbocycles. The van der Waals surface area contributed by atoms with Gasteiger partial charge >= 0.3 is 0 Å². The molecule has 0 aromatic heterocycles. The molecule has 3 aromatic carbocycles. The van der Waals surface area contributed by atoms with Crippen LogP contribution in [0.15, 0.2) is 107 Å². The normalized spacial score (nSPS) is 29.7. The van der Waals surface area contributed by atoms with Crippen LogP contribution in [0.3, 0.4) is 0 Å². The third kappa shape index (κ3) is 6.66. The first-order valence-corrected chi connectivity index (χ1v) is 18.4. The van der Waals surface area contributed by atoms with Gasteiger partial charge in [0.25, 0.3) is 0 Å². The Kier molecular flexibility index (Phi) is 9.29. The highest BCUT2D eigenvalue weighted by atomic mass is 32.2. The Morgan fingerprint density at radius 3 is 1.05 bits per heavy atom. The summed E-state index contributed by atoms with van der Waals surface area (Å²) in [7, 11) is 0. The minimum Gasteiger partial charge on any atom is -0.0898 e. The van der Waals surface area contributed by atoms with Crippen LogP contribution in [0.4, 0.5) is 0 Å². The number of fused-ring (bicyclic) bond motifs is 4. The Morgan fingerprint density at radius 1 is 0.429 bits per heavy atom. The van der Waals surface area contributed by atoms with Crippen LogP contribution in [0.25, 0.3) is 9.81 Å². The largest absolute Gasteiger partial charge is 0.0898 e. The average Bonchev–Trinajstić information content (AvgIpc) is 3.01. The summed E-state index contributed by atoms with van der Waals surface area (Å²) in [5, 5.41) is 0. The molecule has 7 rings (SSSR count). The summed E-state index contributed by atoms with van der Waals surface area (Å²) in [6, 6.07) is 31.8. The van der Waals surface area contributed by atoms with Crippen molar-refractivity contribution in [3.05, 3.63) is 108 Å². The van der Waals surface area contributed by atoms with Gasteiger partial charge < -0.3 is 0 Å². The summed E-state index contributed by atoms with van der Waals surface area (Å²) in [5.74, 6) is 5.02.